The van der Waals surface area contributed by atoms with E-state index in [1.54, 1.807) is 12.1 Å². The smallest absolute Gasteiger partial charge is 0.339 e. The van der Waals surface area contributed by atoms with Crippen LogP contribution in [0.3, 0.4) is 0 Å². The highest BCUT2D eigenvalue weighted by atomic mass is 16.5. The fraction of sp³-hybridized carbons (Fsp3) is 0.350. The molecule has 0 saturated carbocycles. The van der Waals surface area contributed by atoms with Crippen molar-refractivity contribution >= 4 is 5.97 Å². The molecule has 2 aromatic rings. The van der Waals surface area contributed by atoms with Crippen LogP contribution in [-0.2, 0) is 13.1 Å². The third kappa shape index (κ3) is 5.89. The maximum Gasteiger partial charge on any atom is 0.339 e. The van der Waals surface area contributed by atoms with Gasteiger partial charge in [-0.2, -0.15) is 0 Å². The molecule has 5 nitrogen and oxygen atoms in total. The van der Waals surface area contributed by atoms with Gasteiger partial charge in [-0.3, -0.25) is 4.90 Å². The molecule has 0 aliphatic rings. The van der Waals surface area contributed by atoms with Crippen LogP contribution in [0.1, 0.15) is 21.5 Å². The van der Waals surface area contributed by atoms with E-state index < -0.39 is 5.97 Å². The van der Waals surface area contributed by atoms with Gasteiger partial charge in [-0.25, -0.2) is 4.79 Å². The van der Waals surface area contributed by atoms with Gasteiger partial charge in [0.2, 0.25) is 0 Å². The zero-order valence-electron chi connectivity index (χ0n) is 15.1. The summed E-state index contributed by atoms with van der Waals surface area (Å²) < 4.78 is 5.89. The van der Waals surface area contributed by atoms with E-state index in [1.165, 1.54) is 5.56 Å². The number of hydrogen-bond donors (Lipinski definition) is 1. The van der Waals surface area contributed by atoms with E-state index in [9.17, 15) is 9.90 Å². The predicted molar refractivity (Wildman–Crippen MR) is 99.1 cm³/mol. The van der Waals surface area contributed by atoms with Gasteiger partial charge in [0, 0.05) is 25.2 Å². The molecule has 0 amide bonds. The minimum Gasteiger partial charge on any atom is -0.491 e. The molecule has 0 aromatic heterocycles. The van der Waals surface area contributed by atoms with Gasteiger partial charge in [0.1, 0.15) is 17.9 Å². The minimum absolute atomic E-state index is 0.213. The monoisotopic (exact) mass is 342 g/mol. The van der Waals surface area contributed by atoms with Crippen LogP contribution in [0.5, 0.6) is 5.75 Å². The number of para-hydroxylation sites is 1. The Morgan fingerprint density at radius 2 is 1.72 bits per heavy atom. The summed E-state index contributed by atoms with van der Waals surface area (Å²) >= 11 is 0. The normalized spacial score (nSPS) is 11.1. The predicted octanol–water partition coefficient (Wildman–Crippen LogP) is 2.96. The number of ether oxygens (including phenoxy) is 1. The lowest BCUT2D eigenvalue weighted by molar-refractivity contribution is 0.0691. The van der Waals surface area contributed by atoms with Crippen LogP contribution in [0.4, 0.5) is 0 Å². The number of carboxylic acids is 1. The highest BCUT2D eigenvalue weighted by Crippen LogP contribution is 2.25. The van der Waals surface area contributed by atoms with Gasteiger partial charge in [0.05, 0.1) is 0 Å². The zero-order chi connectivity index (χ0) is 18.2. The van der Waals surface area contributed by atoms with Gasteiger partial charge in [-0.1, -0.05) is 42.5 Å². The Morgan fingerprint density at radius 3 is 2.36 bits per heavy atom. The number of carbonyl (C=O) groups is 1. The summed E-state index contributed by atoms with van der Waals surface area (Å²) in [5, 5.41) is 9.42. The van der Waals surface area contributed by atoms with Crippen molar-refractivity contribution in [3.8, 4) is 5.75 Å². The molecule has 0 saturated heterocycles. The van der Waals surface area contributed by atoms with Gasteiger partial charge in [0.25, 0.3) is 0 Å². The van der Waals surface area contributed by atoms with E-state index in [0.29, 0.717) is 25.4 Å². The van der Waals surface area contributed by atoms with Gasteiger partial charge in [0.15, 0.2) is 0 Å². The molecule has 0 aliphatic carbocycles. The second-order valence-corrected chi connectivity index (χ2v) is 6.41. The summed E-state index contributed by atoms with van der Waals surface area (Å²) in [4.78, 5) is 15.6. The highest BCUT2D eigenvalue weighted by Gasteiger charge is 2.16. The van der Waals surface area contributed by atoms with E-state index in [1.807, 2.05) is 50.3 Å². The summed E-state index contributed by atoms with van der Waals surface area (Å²) in [6.45, 7) is 2.62. The van der Waals surface area contributed by atoms with Crippen LogP contribution in [0.15, 0.2) is 48.5 Å². The number of likely N-dealkylation sites (N-methyl/N-ethyl adjacent to an activating group) is 1. The fourth-order valence-corrected chi connectivity index (χ4v) is 2.67. The van der Waals surface area contributed by atoms with Crippen LogP contribution in [0, 0.1) is 0 Å². The SMILES string of the molecule is CN(C)Cc1cccc(C(=O)O)c1OCCN(C)Cc1ccccc1. The van der Waals surface area contributed by atoms with E-state index in [-0.39, 0.29) is 5.56 Å². The summed E-state index contributed by atoms with van der Waals surface area (Å²) in [5.41, 5.74) is 2.34. The molecular weight excluding hydrogens is 316 g/mol. The molecule has 0 fully saturated rings. The molecule has 0 unspecified atom stereocenters. The molecule has 0 spiro atoms. The van der Waals surface area contributed by atoms with Crippen molar-refractivity contribution < 1.29 is 14.6 Å². The average Bonchev–Trinajstić information content (AvgIpc) is 2.56. The summed E-state index contributed by atoms with van der Waals surface area (Å²) in [5.74, 6) is -0.495. The van der Waals surface area contributed by atoms with Crippen molar-refractivity contribution in [2.24, 2.45) is 0 Å². The Balaban J connectivity index is 2.00. The molecule has 25 heavy (non-hydrogen) atoms. The van der Waals surface area contributed by atoms with Crippen LogP contribution >= 0.6 is 0 Å². The van der Waals surface area contributed by atoms with Crippen molar-refractivity contribution in [3.63, 3.8) is 0 Å². The number of aromatic carboxylic acids is 1. The number of rotatable bonds is 9. The lowest BCUT2D eigenvalue weighted by Gasteiger charge is -2.20. The second-order valence-electron chi connectivity index (χ2n) is 6.41. The van der Waals surface area contributed by atoms with E-state index >= 15 is 0 Å². The summed E-state index contributed by atoms with van der Waals surface area (Å²) in [7, 11) is 5.93. The molecular formula is C20H26N2O3. The lowest BCUT2D eigenvalue weighted by Crippen LogP contribution is -2.24. The van der Waals surface area contributed by atoms with E-state index in [2.05, 4.69) is 17.0 Å². The molecule has 0 atom stereocenters. The van der Waals surface area contributed by atoms with Crippen LogP contribution in [-0.4, -0.2) is 55.2 Å². The van der Waals surface area contributed by atoms with Crippen molar-refractivity contribution in [2.45, 2.75) is 13.1 Å². The quantitative estimate of drug-likeness (QED) is 0.759. The Hall–Kier alpha value is -2.37. The summed E-state index contributed by atoms with van der Waals surface area (Å²) in [6.07, 6.45) is 0. The minimum atomic E-state index is -0.965. The first-order chi connectivity index (χ1) is 12.0. The topological polar surface area (TPSA) is 53.0 Å². The van der Waals surface area contributed by atoms with Crippen molar-refractivity contribution in [2.75, 3.05) is 34.3 Å². The second kappa shape index (κ2) is 9.20. The molecule has 0 radical (unpaired) electrons. The van der Waals surface area contributed by atoms with Crippen LogP contribution < -0.4 is 4.74 Å². The molecule has 5 heteroatoms. The first-order valence-corrected chi connectivity index (χ1v) is 8.32. The Kier molecular flexibility index (Phi) is 6.98. The molecule has 1 N–H and O–H groups in total. The molecule has 2 aromatic carbocycles. The fourth-order valence-electron chi connectivity index (χ4n) is 2.67. The summed E-state index contributed by atoms with van der Waals surface area (Å²) in [6, 6.07) is 15.5. The van der Waals surface area contributed by atoms with Crippen molar-refractivity contribution in [1.82, 2.24) is 9.80 Å². The number of benzene rings is 2. The number of carboxylic acid groups (broad SMARTS) is 1. The molecule has 2 rings (SSSR count). The third-order valence-corrected chi connectivity index (χ3v) is 3.83. The number of hydrogen-bond acceptors (Lipinski definition) is 4. The Bertz CT molecular complexity index is 687. The van der Waals surface area contributed by atoms with Gasteiger partial charge >= 0.3 is 5.97 Å². The lowest BCUT2D eigenvalue weighted by atomic mass is 10.1. The van der Waals surface area contributed by atoms with Gasteiger partial charge in [-0.05, 0) is 32.8 Å². The Labute approximate surface area is 149 Å². The third-order valence-electron chi connectivity index (χ3n) is 3.83. The maximum absolute atomic E-state index is 11.5. The van der Waals surface area contributed by atoms with E-state index in [0.717, 1.165) is 12.1 Å². The Morgan fingerprint density at radius 1 is 1.00 bits per heavy atom. The zero-order valence-corrected chi connectivity index (χ0v) is 15.1. The van der Waals surface area contributed by atoms with Crippen molar-refractivity contribution in [3.05, 3.63) is 65.2 Å². The number of nitrogens with zero attached hydrogens (tertiary/aromatic N) is 2. The first-order valence-electron chi connectivity index (χ1n) is 8.32. The molecule has 0 aliphatic heterocycles. The van der Waals surface area contributed by atoms with Gasteiger partial charge in [-0.15, -0.1) is 0 Å². The standard InChI is InChI=1S/C20H26N2O3/c1-21(2)15-17-10-7-11-18(20(23)24)19(17)25-13-12-22(3)14-16-8-5-4-6-9-16/h4-11H,12-15H2,1-3H3,(H,23,24). The van der Waals surface area contributed by atoms with Crippen LogP contribution in [0.2, 0.25) is 0 Å². The highest BCUT2D eigenvalue weighted by molar-refractivity contribution is 5.91. The van der Waals surface area contributed by atoms with E-state index in [4.69, 9.17) is 4.74 Å². The average molecular weight is 342 g/mol. The van der Waals surface area contributed by atoms with Crippen LogP contribution in [0.25, 0.3) is 0 Å². The maximum atomic E-state index is 11.5. The van der Waals surface area contributed by atoms with Gasteiger partial charge < -0.3 is 14.7 Å². The first kappa shape index (κ1) is 19.0. The molecule has 0 heterocycles. The molecule has 0 bridgehead atoms. The van der Waals surface area contributed by atoms with Crippen molar-refractivity contribution in [1.29, 1.82) is 0 Å². The molecule has 134 valence electrons. The largest absolute Gasteiger partial charge is 0.491 e.